The van der Waals surface area contributed by atoms with E-state index in [1.165, 1.54) is 0 Å². The maximum atomic E-state index is 12.7. The molecule has 3 aromatic rings. The second kappa shape index (κ2) is 10.6. The van der Waals surface area contributed by atoms with E-state index in [-0.39, 0.29) is 5.91 Å². The first-order chi connectivity index (χ1) is 14.2. The fraction of sp³-hybridized carbons (Fsp3) is 0.261. The number of carbonyl (C=O) groups is 1. The van der Waals surface area contributed by atoms with Crippen LogP contribution in [0.15, 0.2) is 65.2 Å². The van der Waals surface area contributed by atoms with Gasteiger partial charge in [-0.05, 0) is 42.3 Å². The molecule has 0 aliphatic carbocycles. The van der Waals surface area contributed by atoms with Crippen molar-refractivity contribution in [1.29, 1.82) is 0 Å². The molecule has 1 heterocycles. The van der Waals surface area contributed by atoms with Crippen molar-refractivity contribution in [3.05, 3.63) is 77.2 Å². The number of nitrogens with zero attached hydrogens (tertiary/aromatic N) is 3. The molecule has 0 N–H and O–H groups in total. The Morgan fingerprint density at radius 2 is 1.86 bits per heavy atom. The normalized spacial score (nSPS) is 11.1. The average molecular weight is 410 g/mol. The first kappa shape index (κ1) is 20.8. The third-order valence-corrected chi connectivity index (χ3v) is 4.73. The van der Waals surface area contributed by atoms with E-state index in [0.717, 1.165) is 24.0 Å². The summed E-state index contributed by atoms with van der Waals surface area (Å²) >= 11 is 5.92. The SMILES string of the molecule is CCCCN(CCc1nc(-c2ccc(Cl)cc2)no1)C(=O)C=Cc1ccccc1. The number of rotatable bonds is 9. The number of aromatic nitrogens is 2. The van der Waals surface area contributed by atoms with Crippen LogP contribution in [0.5, 0.6) is 0 Å². The molecule has 0 atom stereocenters. The number of hydrogen-bond donors (Lipinski definition) is 0. The van der Waals surface area contributed by atoms with E-state index in [0.29, 0.717) is 36.2 Å². The van der Waals surface area contributed by atoms with Crippen LogP contribution >= 0.6 is 11.6 Å². The van der Waals surface area contributed by atoms with Crippen molar-refractivity contribution in [3.8, 4) is 11.4 Å². The minimum Gasteiger partial charge on any atom is -0.339 e. The predicted octanol–water partition coefficient (Wildman–Crippen LogP) is 5.27. The van der Waals surface area contributed by atoms with Crippen molar-refractivity contribution >= 4 is 23.6 Å². The second-order valence-corrected chi connectivity index (χ2v) is 7.13. The third kappa shape index (κ3) is 6.29. The molecule has 0 saturated carbocycles. The largest absolute Gasteiger partial charge is 0.339 e. The van der Waals surface area contributed by atoms with E-state index >= 15 is 0 Å². The lowest BCUT2D eigenvalue weighted by Gasteiger charge is -2.20. The lowest BCUT2D eigenvalue weighted by molar-refractivity contribution is -0.126. The van der Waals surface area contributed by atoms with E-state index in [1.54, 1.807) is 18.2 Å². The molecule has 0 aliphatic heterocycles. The maximum Gasteiger partial charge on any atom is 0.246 e. The Kier molecular flexibility index (Phi) is 7.59. The standard InChI is InChI=1S/C23H24ClN3O2/c1-2-3-16-27(22(28)14-9-18-7-5-4-6-8-18)17-15-21-25-23(26-29-21)19-10-12-20(24)13-11-19/h4-14H,2-3,15-17H2,1H3. The summed E-state index contributed by atoms with van der Waals surface area (Å²) < 4.78 is 5.36. The monoisotopic (exact) mass is 409 g/mol. The molecule has 5 nitrogen and oxygen atoms in total. The lowest BCUT2D eigenvalue weighted by Crippen LogP contribution is -2.32. The van der Waals surface area contributed by atoms with Crippen LogP contribution in [0.4, 0.5) is 0 Å². The molecular weight excluding hydrogens is 386 g/mol. The Bertz CT molecular complexity index is 936. The number of unbranched alkanes of at least 4 members (excludes halogenated alkanes) is 1. The molecule has 0 unspecified atom stereocenters. The summed E-state index contributed by atoms with van der Waals surface area (Å²) in [5, 5.41) is 4.69. The van der Waals surface area contributed by atoms with Crippen LogP contribution in [0.1, 0.15) is 31.2 Å². The van der Waals surface area contributed by atoms with Gasteiger partial charge in [-0.3, -0.25) is 4.79 Å². The molecule has 1 aromatic heterocycles. The van der Waals surface area contributed by atoms with Crippen LogP contribution < -0.4 is 0 Å². The van der Waals surface area contributed by atoms with Gasteiger partial charge in [-0.2, -0.15) is 4.98 Å². The quantitative estimate of drug-likeness (QED) is 0.451. The number of amides is 1. The van der Waals surface area contributed by atoms with Crippen molar-refractivity contribution < 1.29 is 9.32 Å². The molecule has 0 spiro atoms. The van der Waals surface area contributed by atoms with Crippen LogP contribution in [0.25, 0.3) is 17.5 Å². The molecule has 0 fully saturated rings. The van der Waals surface area contributed by atoms with E-state index in [1.807, 2.05) is 53.4 Å². The molecule has 0 aliphatic rings. The van der Waals surface area contributed by atoms with Gasteiger partial charge in [0.25, 0.3) is 0 Å². The van der Waals surface area contributed by atoms with Crippen molar-refractivity contribution in [2.45, 2.75) is 26.2 Å². The number of hydrogen-bond acceptors (Lipinski definition) is 4. The predicted molar refractivity (Wildman–Crippen MR) is 115 cm³/mol. The summed E-state index contributed by atoms with van der Waals surface area (Å²) in [7, 11) is 0. The Morgan fingerprint density at radius 1 is 1.10 bits per heavy atom. The Hall–Kier alpha value is -2.92. The van der Waals surface area contributed by atoms with Gasteiger partial charge in [-0.15, -0.1) is 0 Å². The van der Waals surface area contributed by atoms with Crippen LogP contribution in [0.2, 0.25) is 5.02 Å². The van der Waals surface area contributed by atoms with Gasteiger partial charge in [-0.1, -0.05) is 60.4 Å². The van der Waals surface area contributed by atoms with Crippen LogP contribution in [0.3, 0.4) is 0 Å². The molecule has 6 heteroatoms. The Labute approximate surface area is 176 Å². The molecule has 29 heavy (non-hydrogen) atoms. The van der Waals surface area contributed by atoms with Crippen LogP contribution in [0, 0.1) is 0 Å². The molecular formula is C23H24ClN3O2. The highest BCUT2D eigenvalue weighted by Gasteiger charge is 2.14. The summed E-state index contributed by atoms with van der Waals surface area (Å²) in [6.45, 7) is 3.34. The van der Waals surface area contributed by atoms with Crippen molar-refractivity contribution in [2.75, 3.05) is 13.1 Å². The fourth-order valence-electron chi connectivity index (χ4n) is 2.82. The topological polar surface area (TPSA) is 59.2 Å². The lowest BCUT2D eigenvalue weighted by atomic mass is 10.2. The van der Waals surface area contributed by atoms with E-state index in [9.17, 15) is 4.79 Å². The minimum absolute atomic E-state index is 0.0141. The van der Waals surface area contributed by atoms with Gasteiger partial charge < -0.3 is 9.42 Å². The number of carbonyl (C=O) groups excluding carboxylic acids is 1. The molecule has 0 radical (unpaired) electrons. The zero-order valence-corrected chi connectivity index (χ0v) is 17.2. The molecule has 0 saturated heterocycles. The zero-order chi connectivity index (χ0) is 20.5. The Morgan fingerprint density at radius 3 is 2.59 bits per heavy atom. The molecule has 0 bridgehead atoms. The second-order valence-electron chi connectivity index (χ2n) is 6.69. The molecule has 150 valence electrons. The van der Waals surface area contributed by atoms with E-state index < -0.39 is 0 Å². The van der Waals surface area contributed by atoms with Crippen LogP contribution in [-0.2, 0) is 11.2 Å². The molecule has 2 aromatic carbocycles. The summed E-state index contributed by atoms with van der Waals surface area (Å²) in [4.78, 5) is 18.9. The minimum atomic E-state index is -0.0141. The smallest absolute Gasteiger partial charge is 0.246 e. The van der Waals surface area contributed by atoms with Gasteiger partial charge in [-0.25, -0.2) is 0 Å². The van der Waals surface area contributed by atoms with Gasteiger partial charge in [0, 0.05) is 36.2 Å². The summed E-state index contributed by atoms with van der Waals surface area (Å²) in [6, 6.07) is 17.1. The van der Waals surface area contributed by atoms with Crippen molar-refractivity contribution in [2.24, 2.45) is 0 Å². The fourth-order valence-corrected chi connectivity index (χ4v) is 2.95. The average Bonchev–Trinajstić information content (AvgIpc) is 3.22. The van der Waals surface area contributed by atoms with E-state index in [4.69, 9.17) is 16.1 Å². The highest BCUT2D eigenvalue weighted by Crippen LogP contribution is 2.19. The van der Waals surface area contributed by atoms with Crippen LogP contribution in [-0.4, -0.2) is 34.0 Å². The summed E-state index contributed by atoms with van der Waals surface area (Å²) in [5.41, 5.74) is 1.84. The highest BCUT2D eigenvalue weighted by molar-refractivity contribution is 6.30. The van der Waals surface area contributed by atoms with Gasteiger partial charge in [0.1, 0.15) is 0 Å². The van der Waals surface area contributed by atoms with Gasteiger partial charge in [0.05, 0.1) is 0 Å². The third-order valence-electron chi connectivity index (χ3n) is 4.48. The maximum absolute atomic E-state index is 12.7. The molecule has 1 amide bonds. The van der Waals surface area contributed by atoms with Crippen molar-refractivity contribution in [1.82, 2.24) is 15.0 Å². The first-order valence-corrected chi connectivity index (χ1v) is 10.1. The first-order valence-electron chi connectivity index (χ1n) is 9.76. The zero-order valence-electron chi connectivity index (χ0n) is 16.4. The Balaban J connectivity index is 1.62. The summed E-state index contributed by atoms with van der Waals surface area (Å²) in [6.07, 6.45) is 5.94. The number of halogens is 1. The van der Waals surface area contributed by atoms with Gasteiger partial charge in [0.15, 0.2) is 0 Å². The molecule has 3 rings (SSSR count). The van der Waals surface area contributed by atoms with Crippen molar-refractivity contribution in [3.63, 3.8) is 0 Å². The van der Waals surface area contributed by atoms with Gasteiger partial charge >= 0.3 is 0 Å². The van der Waals surface area contributed by atoms with Gasteiger partial charge in [0.2, 0.25) is 17.6 Å². The number of benzene rings is 2. The highest BCUT2D eigenvalue weighted by atomic mass is 35.5. The van der Waals surface area contributed by atoms with E-state index in [2.05, 4.69) is 17.1 Å². The summed E-state index contributed by atoms with van der Waals surface area (Å²) in [5.74, 6) is 1.02.